The van der Waals surface area contributed by atoms with Crippen LogP contribution >= 0.6 is 0 Å². The molecule has 236 valence electrons. The Labute approximate surface area is 272 Å². The van der Waals surface area contributed by atoms with E-state index in [2.05, 4.69) is 74.2 Å². The molecule has 43 heavy (non-hydrogen) atoms. The van der Waals surface area contributed by atoms with Crippen molar-refractivity contribution in [3.63, 3.8) is 0 Å². The monoisotopic (exact) mass is 650 g/mol. The molecule has 0 unspecified atom stereocenters. The van der Waals surface area contributed by atoms with Crippen molar-refractivity contribution in [2.45, 2.75) is 123 Å². The van der Waals surface area contributed by atoms with Crippen LogP contribution in [0.4, 0.5) is 5.69 Å². The molecule has 1 heterocycles. The Balaban J connectivity index is 0.00000645. The van der Waals surface area contributed by atoms with Gasteiger partial charge in [-0.2, -0.15) is 0 Å². The van der Waals surface area contributed by atoms with Gasteiger partial charge in [0, 0.05) is 28.9 Å². The topological polar surface area (TPSA) is 42.2 Å². The van der Waals surface area contributed by atoms with E-state index in [1.807, 2.05) is 36.4 Å². The SMILES string of the molecule is CCCCCCCCCCCCCCOc1c(CC(=O)Nc2ccc(C[n+]3ccccc3)cc2)cccc1C(C)(C)C.[Br-]. The maximum Gasteiger partial charge on any atom is 0.228 e. The van der Waals surface area contributed by atoms with Gasteiger partial charge in [-0.3, -0.25) is 4.79 Å². The molecule has 0 fully saturated rings. The highest BCUT2D eigenvalue weighted by atomic mass is 79.9. The molecule has 0 bridgehead atoms. The fraction of sp³-hybridized carbons (Fsp3) is 0.526. The molecule has 0 aliphatic carbocycles. The average molecular weight is 652 g/mol. The highest BCUT2D eigenvalue weighted by molar-refractivity contribution is 5.92. The van der Waals surface area contributed by atoms with Crippen LogP contribution in [0.5, 0.6) is 5.75 Å². The summed E-state index contributed by atoms with van der Waals surface area (Å²) in [7, 11) is 0. The predicted molar refractivity (Wildman–Crippen MR) is 176 cm³/mol. The lowest BCUT2D eigenvalue weighted by molar-refractivity contribution is -0.688. The number of ether oxygens (including phenoxy) is 1. The molecule has 0 spiro atoms. The van der Waals surface area contributed by atoms with Crippen LogP contribution in [0.3, 0.4) is 0 Å². The number of aromatic nitrogens is 1. The van der Waals surface area contributed by atoms with E-state index in [4.69, 9.17) is 4.74 Å². The molecule has 2 aromatic carbocycles. The lowest BCUT2D eigenvalue weighted by Crippen LogP contribution is -3.00. The first-order chi connectivity index (χ1) is 20.4. The van der Waals surface area contributed by atoms with Crippen LogP contribution in [0, 0.1) is 0 Å². The molecule has 1 amide bonds. The zero-order valence-corrected chi connectivity index (χ0v) is 28.8. The number of nitrogens with zero attached hydrogens (tertiary/aromatic N) is 1. The molecule has 0 aliphatic rings. The van der Waals surface area contributed by atoms with Gasteiger partial charge >= 0.3 is 0 Å². The Kier molecular flexibility index (Phi) is 17.3. The van der Waals surface area contributed by atoms with Gasteiger partial charge in [-0.25, -0.2) is 4.57 Å². The van der Waals surface area contributed by atoms with Crippen molar-refractivity contribution in [3.05, 3.63) is 89.7 Å². The van der Waals surface area contributed by atoms with E-state index in [9.17, 15) is 4.79 Å². The third kappa shape index (κ3) is 14.1. The third-order valence-corrected chi connectivity index (χ3v) is 7.88. The number of rotatable bonds is 19. The summed E-state index contributed by atoms with van der Waals surface area (Å²) in [5, 5.41) is 3.08. The fourth-order valence-corrected chi connectivity index (χ4v) is 5.42. The third-order valence-electron chi connectivity index (χ3n) is 7.88. The van der Waals surface area contributed by atoms with Crippen molar-refractivity contribution in [2.75, 3.05) is 11.9 Å². The van der Waals surface area contributed by atoms with Crippen LogP contribution in [0.2, 0.25) is 0 Å². The van der Waals surface area contributed by atoms with Crippen LogP contribution in [0.15, 0.2) is 73.1 Å². The van der Waals surface area contributed by atoms with Crippen molar-refractivity contribution in [2.24, 2.45) is 0 Å². The minimum Gasteiger partial charge on any atom is -1.00 e. The van der Waals surface area contributed by atoms with Crippen molar-refractivity contribution in [3.8, 4) is 5.75 Å². The largest absolute Gasteiger partial charge is 1.00 e. The summed E-state index contributed by atoms with van der Waals surface area (Å²) in [5.41, 5.74) is 4.05. The van der Waals surface area contributed by atoms with E-state index in [0.29, 0.717) is 13.0 Å². The Hall–Kier alpha value is -2.66. The van der Waals surface area contributed by atoms with Crippen LogP contribution in [0.1, 0.15) is 121 Å². The molecule has 4 nitrogen and oxygen atoms in total. The van der Waals surface area contributed by atoms with Gasteiger partial charge in [0.15, 0.2) is 18.9 Å². The van der Waals surface area contributed by atoms with Crippen LogP contribution < -0.4 is 31.6 Å². The molecule has 3 rings (SSSR count). The van der Waals surface area contributed by atoms with Crippen LogP contribution in [0.25, 0.3) is 0 Å². The van der Waals surface area contributed by atoms with Gasteiger partial charge in [0.1, 0.15) is 5.75 Å². The highest BCUT2D eigenvalue weighted by Gasteiger charge is 2.22. The number of benzene rings is 2. The number of amides is 1. The molecule has 0 radical (unpaired) electrons. The number of carbonyl (C=O) groups is 1. The summed E-state index contributed by atoms with van der Waals surface area (Å²) in [6.45, 7) is 10.4. The predicted octanol–water partition coefficient (Wildman–Crippen LogP) is 6.59. The fourth-order valence-electron chi connectivity index (χ4n) is 5.42. The lowest BCUT2D eigenvalue weighted by Gasteiger charge is -2.25. The molecule has 0 atom stereocenters. The minimum atomic E-state index is -0.0645. The van der Waals surface area contributed by atoms with E-state index in [1.165, 1.54) is 76.2 Å². The van der Waals surface area contributed by atoms with Gasteiger partial charge in [-0.15, -0.1) is 0 Å². The van der Waals surface area contributed by atoms with E-state index in [1.54, 1.807) is 0 Å². The summed E-state index contributed by atoms with van der Waals surface area (Å²) in [5.74, 6) is 0.861. The summed E-state index contributed by atoms with van der Waals surface area (Å²) >= 11 is 0. The van der Waals surface area contributed by atoms with E-state index >= 15 is 0 Å². The van der Waals surface area contributed by atoms with Crippen LogP contribution in [-0.2, 0) is 23.2 Å². The first kappa shape index (κ1) is 36.5. The Morgan fingerprint density at radius 3 is 1.91 bits per heavy atom. The van der Waals surface area contributed by atoms with Gasteiger partial charge in [0.2, 0.25) is 5.91 Å². The van der Waals surface area contributed by atoms with Crippen molar-refractivity contribution in [1.82, 2.24) is 0 Å². The summed E-state index contributed by atoms with van der Waals surface area (Å²) in [6.07, 6.45) is 20.3. The standard InChI is InChI=1S/C38H54N2O2.BrH/c1-5-6-7-8-9-10-11-12-13-14-15-19-29-42-37-33(21-20-22-35(37)38(2,3)4)30-36(41)39-34-25-23-32(24-26-34)31-40-27-17-16-18-28-40;/h16-18,20-28H,5-15,19,29-31H2,1-4H3;1H. The molecule has 0 aliphatic heterocycles. The second kappa shape index (κ2) is 20.3. The number of pyridine rings is 1. The number of carbonyl (C=O) groups excluding carboxylic acids is 1. The zero-order chi connectivity index (χ0) is 30.0. The quantitative estimate of drug-likeness (QED) is 0.118. The first-order valence-electron chi connectivity index (χ1n) is 16.4. The Morgan fingerprint density at radius 1 is 0.744 bits per heavy atom. The number of nitrogens with one attached hydrogen (secondary N) is 1. The normalized spacial score (nSPS) is 11.2. The second-order valence-electron chi connectivity index (χ2n) is 12.8. The van der Waals surface area contributed by atoms with E-state index in [-0.39, 0.29) is 28.3 Å². The van der Waals surface area contributed by atoms with Crippen LogP contribution in [-0.4, -0.2) is 12.5 Å². The summed E-state index contributed by atoms with van der Waals surface area (Å²) < 4.78 is 8.56. The summed E-state index contributed by atoms with van der Waals surface area (Å²) in [6, 6.07) is 20.4. The van der Waals surface area contributed by atoms with Crippen molar-refractivity contribution in [1.29, 1.82) is 0 Å². The van der Waals surface area contributed by atoms with Crippen molar-refractivity contribution >= 4 is 11.6 Å². The highest BCUT2D eigenvalue weighted by Crippen LogP contribution is 2.35. The second-order valence-corrected chi connectivity index (χ2v) is 12.8. The first-order valence-corrected chi connectivity index (χ1v) is 16.4. The molecule has 1 aromatic heterocycles. The van der Waals surface area contributed by atoms with Gasteiger partial charge in [-0.05, 0) is 29.5 Å². The maximum absolute atomic E-state index is 13.1. The lowest BCUT2D eigenvalue weighted by atomic mass is 9.84. The molecule has 1 N–H and O–H groups in total. The number of hydrogen-bond acceptors (Lipinski definition) is 2. The molecule has 0 saturated heterocycles. The zero-order valence-electron chi connectivity index (χ0n) is 27.2. The Bertz CT molecular complexity index is 1170. The average Bonchev–Trinajstić information content (AvgIpc) is 2.97. The number of unbranched alkanes of at least 4 members (excludes halogenated alkanes) is 11. The van der Waals surface area contributed by atoms with Gasteiger partial charge in [0.25, 0.3) is 0 Å². The molecule has 3 aromatic rings. The molecular weight excluding hydrogens is 596 g/mol. The number of halogens is 1. The minimum absolute atomic E-state index is 0. The smallest absolute Gasteiger partial charge is 0.228 e. The van der Waals surface area contributed by atoms with Gasteiger partial charge < -0.3 is 27.0 Å². The van der Waals surface area contributed by atoms with Gasteiger partial charge in [0.05, 0.1) is 13.0 Å². The molecule has 0 saturated carbocycles. The summed E-state index contributed by atoms with van der Waals surface area (Å²) in [4.78, 5) is 13.1. The molecule has 5 heteroatoms. The van der Waals surface area contributed by atoms with E-state index < -0.39 is 0 Å². The Morgan fingerprint density at radius 2 is 1.33 bits per heavy atom. The van der Waals surface area contributed by atoms with Gasteiger partial charge in [-0.1, -0.05) is 135 Å². The van der Waals surface area contributed by atoms with E-state index in [0.717, 1.165) is 35.5 Å². The maximum atomic E-state index is 13.1. The number of hydrogen-bond donors (Lipinski definition) is 1. The number of anilines is 1. The van der Waals surface area contributed by atoms with Crippen molar-refractivity contribution < 1.29 is 31.1 Å². The molecular formula is C38H55BrN2O2. The number of para-hydroxylation sites is 1.